The molecular formula is C17H18N2O5. The zero-order chi connectivity index (χ0) is 17.2. The summed E-state index contributed by atoms with van der Waals surface area (Å²) in [6, 6.07) is 10.4. The summed E-state index contributed by atoms with van der Waals surface area (Å²) in [7, 11) is 0. The van der Waals surface area contributed by atoms with Crippen LogP contribution in [-0.4, -0.2) is 27.7 Å². The highest BCUT2D eigenvalue weighted by Crippen LogP contribution is 2.13. The number of furan rings is 1. The Morgan fingerprint density at radius 3 is 2.83 bits per heavy atom. The van der Waals surface area contributed by atoms with E-state index in [4.69, 9.17) is 8.83 Å². The first-order valence-electron chi connectivity index (χ1n) is 7.54. The van der Waals surface area contributed by atoms with Gasteiger partial charge in [0.2, 0.25) is 5.91 Å². The molecule has 0 aliphatic carbocycles. The number of fused-ring (bicyclic) bond motifs is 1. The Balaban J connectivity index is 1.63. The molecule has 3 aromatic rings. The number of aliphatic hydroxyl groups is 1. The Labute approximate surface area is 137 Å². The number of hydrogen-bond acceptors (Lipinski definition) is 5. The third-order valence-corrected chi connectivity index (χ3v) is 3.68. The van der Waals surface area contributed by atoms with Gasteiger partial charge in [-0.3, -0.25) is 9.36 Å². The highest BCUT2D eigenvalue weighted by Gasteiger charge is 2.23. The van der Waals surface area contributed by atoms with Crippen molar-refractivity contribution in [2.45, 2.75) is 25.5 Å². The molecule has 0 saturated heterocycles. The summed E-state index contributed by atoms with van der Waals surface area (Å²) in [6.07, 6.45) is 1.80. The van der Waals surface area contributed by atoms with E-state index >= 15 is 0 Å². The molecule has 0 saturated carbocycles. The largest absolute Gasteiger partial charge is 0.469 e. The van der Waals surface area contributed by atoms with Crippen LogP contribution < -0.4 is 11.1 Å². The first-order chi connectivity index (χ1) is 11.4. The molecular weight excluding hydrogens is 312 g/mol. The van der Waals surface area contributed by atoms with Gasteiger partial charge in [0.25, 0.3) is 0 Å². The normalized spacial score (nSPS) is 13.8. The van der Waals surface area contributed by atoms with E-state index in [0.29, 0.717) is 16.9 Å². The summed E-state index contributed by atoms with van der Waals surface area (Å²) in [5, 5.41) is 13.0. The van der Waals surface area contributed by atoms with Crippen LogP contribution in [0.3, 0.4) is 0 Å². The first kappa shape index (κ1) is 16.1. The molecule has 126 valence electrons. The topological polar surface area (TPSA) is 97.6 Å². The van der Waals surface area contributed by atoms with Crippen molar-refractivity contribution in [1.82, 2.24) is 9.88 Å². The lowest BCUT2D eigenvalue weighted by Crippen LogP contribution is -2.43. The van der Waals surface area contributed by atoms with Gasteiger partial charge in [-0.15, -0.1) is 0 Å². The maximum Gasteiger partial charge on any atom is 0.420 e. The van der Waals surface area contributed by atoms with E-state index in [1.807, 2.05) is 0 Å². The minimum absolute atomic E-state index is 0.0388. The third kappa shape index (κ3) is 3.57. The van der Waals surface area contributed by atoms with Gasteiger partial charge in [-0.25, -0.2) is 4.79 Å². The number of para-hydroxylation sites is 2. The Morgan fingerprint density at radius 2 is 2.08 bits per heavy atom. The molecule has 2 N–H and O–H groups in total. The highest BCUT2D eigenvalue weighted by atomic mass is 16.4. The number of rotatable bonds is 6. The Bertz CT molecular complexity index is 889. The number of nitrogens with one attached hydrogen (secondary N) is 1. The molecule has 0 spiro atoms. The molecule has 7 heteroatoms. The van der Waals surface area contributed by atoms with Crippen molar-refractivity contribution in [2.24, 2.45) is 0 Å². The molecule has 1 aromatic carbocycles. The average molecular weight is 330 g/mol. The van der Waals surface area contributed by atoms with Crippen molar-refractivity contribution in [1.29, 1.82) is 0 Å². The fourth-order valence-electron chi connectivity index (χ4n) is 2.50. The van der Waals surface area contributed by atoms with Crippen LogP contribution in [0.5, 0.6) is 0 Å². The van der Waals surface area contributed by atoms with Gasteiger partial charge in [-0.2, -0.15) is 0 Å². The van der Waals surface area contributed by atoms with Crippen LogP contribution in [0, 0.1) is 0 Å². The Kier molecular flexibility index (Phi) is 4.26. The third-order valence-electron chi connectivity index (χ3n) is 3.68. The van der Waals surface area contributed by atoms with Crippen molar-refractivity contribution < 1.29 is 18.7 Å². The number of nitrogens with zero attached hydrogens (tertiary/aromatic N) is 1. The predicted molar refractivity (Wildman–Crippen MR) is 86.5 cm³/mol. The molecule has 0 bridgehead atoms. The summed E-state index contributed by atoms with van der Waals surface area (Å²) in [6.45, 7) is 1.47. The van der Waals surface area contributed by atoms with Gasteiger partial charge in [0.05, 0.1) is 17.4 Å². The van der Waals surface area contributed by atoms with Gasteiger partial charge in [0.1, 0.15) is 12.3 Å². The summed E-state index contributed by atoms with van der Waals surface area (Å²) in [5.74, 6) is -0.344. The minimum atomic E-state index is -1.16. The van der Waals surface area contributed by atoms with Crippen LogP contribution in [-0.2, 0) is 17.8 Å². The van der Waals surface area contributed by atoms with Gasteiger partial charge in [0.15, 0.2) is 5.58 Å². The number of carbonyl (C=O) groups is 1. The van der Waals surface area contributed by atoms with Crippen molar-refractivity contribution in [3.8, 4) is 0 Å². The van der Waals surface area contributed by atoms with Crippen molar-refractivity contribution in [2.75, 3.05) is 6.54 Å². The predicted octanol–water partition coefficient (Wildman–Crippen LogP) is 1.30. The van der Waals surface area contributed by atoms with E-state index in [0.717, 1.165) is 0 Å². The zero-order valence-corrected chi connectivity index (χ0v) is 13.2. The standard InChI is InChI=1S/C17H18N2O5/c1-17(22,9-12-5-4-8-23-12)11-18-15(20)10-19-13-6-2-3-7-14(13)24-16(19)21/h2-8,22H,9-11H2,1H3,(H,18,20). The molecule has 2 heterocycles. The van der Waals surface area contributed by atoms with Crippen LogP contribution in [0.25, 0.3) is 11.1 Å². The summed E-state index contributed by atoms with van der Waals surface area (Å²) < 4.78 is 11.5. The minimum Gasteiger partial charge on any atom is -0.469 e. The van der Waals surface area contributed by atoms with E-state index in [-0.39, 0.29) is 25.4 Å². The average Bonchev–Trinajstić information content (AvgIpc) is 3.14. The second-order valence-electron chi connectivity index (χ2n) is 5.95. The second-order valence-corrected chi connectivity index (χ2v) is 5.95. The highest BCUT2D eigenvalue weighted by molar-refractivity contribution is 5.79. The first-order valence-corrected chi connectivity index (χ1v) is 7.54. The summed E-state index contributed by atoms with van der Waals surface area (Å²) >= 11 is 0. The van der Waals surface area contributed by atoms with E-state index in [1.165, 1.54) is 10.8 Å². The molecule has 7 nitrogen and oxygen atoms in total. The molecule has 0 aliphatic heterocycles. The number of aromatic nitrogens is 1. The number of benzene rings is 1. The SMILES string of the molecule is CC(O)(CNC(=O)Cn1c(=O)oc2ccccc21)Cc1ccco1. The molecule has 2 aromatic heterocycles. The van der Waals surface area contributed by atoms with Crippen LogP contribution in [0.1, 0.15) is 12.7 Å². The molecule has 24 heavy (non-hydrogen) atoms. The van der Waals surface area contributed by atoms with Crippen LogP contribution in [0.2, 0.25) is 0 Å². The smallest absolute Gasteiger partial charge is 0.420 e. The molecule has 1 unspecified atom stereocenters. The van der Waals surface area contributed by atoms with Gasteiger partial charge >= 0.3 is 5.76 Å². The zero-order valence-electron chi connectivity index (χ0n) is 13.2. The molecule has 0 fully saturated rings. The van der Waals surface area contributed by atoms with E-state index in [2.05, 4.69) is 5.32 Å². The van der Waals surface area contributed by atoms with E-state index in [9.17, 15) is 14.7 Å². The Hall–Kier alpha value is -2.80. The lowest BCUT2D eigenvalue weighted by Gasteiger charge is -2.22. The fourth-order valence-corrected chi connectivity index (χ4v) is 2.50. The number of oxazole rings is 1. The molecule has 3 rings (SSSR count). The van der Waals surface area contributed by atoms with Gasteiger partial charge in [-0.05, 0) is 31.2 Å². The number of amides is 1. The van der Waals surface area contributed by atoms with E-state index < -0.39 is 11.4 Å². The molecule has 1 atom stereocenters. The number of hydrogen-bond donors (Lipinski definition) is 2. The molecule has 0 aliphatic rings. The molecule has 0 radical (unpaired) electrons. The van der Waals surface area contributed by atoms with Crippen LogP contribution in [0.4, 0.5) is 0 Å². The van der Waals surface area contributed by atoms with Crippen molar-refractivity contribution >= 4 is 17.0 Å². The van der Waals surface area contributed by atoms with Gasteiger partial charge in [0, 0.05) is 13.0 Å². The monoisotopic (exact) mass is 330 g/mol. The van der Waals surface area contributed by atoms with Crippen LogP contribution >= 0.6 is 0 Å². The lowest BCUT2D eigenvalue weighted by atomic mass is 10.0. The quantitative estimate of drug-likeness (QED) is 0.710. The second kappa shape index (κ2) is 6.37. The lowest BCUT2D eigenvalue weighted by molar-refractivity contribution is -0.122. The summed E-state index contributed by atoms with van der Waals surface area (Å²) in [4.78, 5) is 23.9. The Morgan fingerprint density at radius 1 is 1.29 bits per heavy atom. The number of carbonyl (C=O) groups excluding carboxylic acids is 1. The van der Waals surface area contributed by atoms with Crippen LogP contribution in [0.15, 0.2) is 56.3 Å². The van der Waals surface area contributed by atoms with E-state index in [1.54, 1.807) is 43.3 Å². The van der Waals surface area contributed by atoms with Gasteiger partial charge < -0.3 is 19.3 Å². The maximum absolute atomic E-state index is 12.1. The van der Waals surface area contributed by atoms with Crippen molar-refractivity contribution in [3.05, 3.63) is 59.0 Å². The van der Waals surface area contributed by atoms with Crippen molar-refractivity contribution in [3.63, 3.8) is 0 Å². The summed E-state index contributed by atoms with van der Waals surface area (Å²) in [5.41, 5.74) is -0.170. The fraction of sp³-hybridized carbons (Fsp3) is 0.294. The maximum atomic E-state index is 12.1. The van der Waals surface area contributed by atoms with Gasteiger partial charge in [-0.1, -0.05) is 12.1 Å². The molecule has 1 amide bonds.